The number of methoxy groups -OCH3 is 1. The number of nitrogens with one attached hydrogen (secondary N) is 1. The van der Waals surface area contributed by atoms with Crippen LogP contribution in [0.2, 0.25) is 0 Å². The molecule has 0 atom stereocenters. The predicted molar refractivity (Wildman–Crippen MR) is 76.0 cm³/mol. The lowest BCUT2D eigenvalue weighted by molar-refractivity contribution is 0.0598. The van der Waals surface area contributed by atoms with Crippen molar-refractivity contribution in [2.45, 2.75) is 52.1 Å². The minimum Gasteiger partial charge on any atom is -0.465 e. The maximum absolute atomic E-state index is 11.7. The Hall–Kier alpha value is -1.42. The molecule has 4 nitrogen and oxygen atoms in total. The van der Waals surface area contributed by atoms with E-state index in [-0.39, 0.29) is 11.5 Å². The van der Waals surface area contributed by atoms with E-state index in [9.17, 15) is 4.79 Å². The summed E-state index contributed by atoms with van der Waals surface area (Å²) in [4.78, 5) is 16.0. The second-order valence-corrected chi connectivity index (χ2v) is 4.68. The van der Waals surface area contributed by atoms with Crippen molar-refractivity contribution in [3.8, 4) is 0 Å². The first kappa shape index (κ1) is 15.6. The molecule has 106 valence electrons. The van der Waals surface area contributed by atoms with E-state index in [4.69, 9.17) is 4.74 Å². The third kappa shape index (κ3) is 3.77. The first-order valence-corrected chi connectivity index (χ1v) is 6.89. The predicted octanol–water partition coefficient (Wildman–Crippen LogP) is 2.93. The number of hydrogen-bond donors (Lipinski definition) is 1. The van der Waals surface area contributed by atoms with Gasteiger partial charge in [-0.15, -0.1) is 0 Å². The topological polar surface area (TPSA) is 51.2 Å². The Morgan fingerprint density at radius 1 is 1.32 bits per heavy atom. The zero-order chi connectivity index (χ0) is 14.3. The maximum atomic E-state index is 11.7. The molecule has 19 heavy (non-hydrogen) atoms. The van der Waals surface area contributed by atoms with E-state index in [0.29, 0.717) is 12.1 Å². The van der Waals surface area contributed by atoms with Gasteiger partial charge in [0.05, 0.1) is 18.4 Å². The zero-order valence-corrected chi connectivity index (χ0v) is 12.3. The summed E-state index contributed by atoms with van der Waals surface area (Å²) in [5.41, 5.74) is 1.40. The fourth-order valence-corrected chi connectivity index (χ4v) is 2.27. The molecule has 0 aliphatic carbocycles. The Labute approximate surface area is 115 Å². The van der Waals surface area contributed by atoms with Gasteiger partial charge in [-0.3, -0.25) is 4.98 Å². The molecule has 1 rings (SSSR count). The number of aromatic nitrogens is 1. The third-order valence-corrected chi connectivity index (χ3v) is 3.96. The third-order valence-electron chi connectivity index (χ3n) is 3.96. The molecule has 0 fully saturated rings. The van der Waals surface area contributed by atoms with Crippen LogP contribution < -0.4 is 5.32 Å². The van der Waals surface area contributed by atoms with Gasteiger partial charge in [-0.05, 0) is 31.4 Å². The summed E-state index contributed by atoms with van der Waals surface area (Å²) in [5, 5.41) is 3.55. The summed E-state index contributed by atoms with van der Waals surface area (Å²) in [7, 11) is 1.39. The quantitative estimate of drug-likeness (QED) is 0.769. The van der Waals surface area contributed by atoms with Crippen molar-refractivity contribution < 1.29 is 9.53 Å². The monoisotopic (exact) mass is 264 g/mol. The summed E-state index contributed by atoms with van der Waals surface area (Å²) in [6, 6.07) is 3.50. The lowest BCUT2D eigenvalue weighted by Gasteiger charge is -2.32. The molecule has 0 radical (unpaired) electrons. The van der Waals surface area contributed by atoms with E-state index >= 15 is 0 Å². The average Bonchev–Trinajstić information content (AvgIpc) is 2.49. The van der Waals surface area contributed by atoms with Gasteiger partial charge >= 0.3 is 5.97 Å². The van der Waals surface area contributed by atoms with Crippen LogP contribution in [-0.4, -0.2) is 23.6 Å². The number of rotatable bonds is 7. The highest BCUT2D eigenvalue weighted by Crippen LogP contribution is 2.20. The first-order valence-electron chi connectivity index (χ1n) is 6.89. The molecular formula is C15H24N2O2. The molecule has 0 amide bonds. The van der Waals surface area contributed by atoms with Gasteiger partial charge in [0.1, 0.15) is 0 Å². The van der Waals surface area contributed by atoms with E-state index in [1.807, 2.05) is 0 Å². The minimum atomic E-state index is -0.333. The standard InChI is InChI=1S/C15H24N2O2/c1-5-15(6-2,7-3)17-11-13-12(14(18)19-4)9-8-10-16-13/h8-10,17H,5-7,11H2,1-4H3. The number of carbonyl (C=O) groups is 1. The molecule has 0 spiro atoms. The van der Waals surface area contributed by atoms with E-state index in [2.05, 4.69) is 31.1 Å². The van der Waals surface area contributed by atoms with Gasteiger partial charge in [-0.25, -0.2) is 4.79 Å². The van der Waals surface area contributed by atoms with Crippen molar-refractivity contribution in [1.29, 1.82) is 0 Å². The molecule has 0 aromatic carbocycles. The van der Waals surface area contributed by atoms with E-state index in [1.165, 1.54) is 7.11 Å². The number of pyridine rings is 1. The van der Waals surface area contributed by atoms with Gasteiger partial charge in [-0.2, -0.15) is 0 Å². The molecule has 0 saturated heterocycles. The first-order chi connectivity index (χ1) is 9.12. The second kappa shape index (κ2) is 7.24. The Bertz CT molecular complexity index is 406. The van der Waals surface area contributed by atoms with Crippen molar-refractivity contribution in [1.82, 2.24) is 10.3 Å². The van der Waals surface area contributed by atoms with Gasteiger partial charge in [-0.1, -0.05) is 20.8 Å². The highest BCUT2D eigenvalue weighted by Gasteiger charge is 2.24. The molecular weight excluding hydrogens is 240 g/mol. The number of carbonyl (C=O) groups excluding carboxylic acids is 1. The summed E-state index contributed by atoms with van der Waals surface area (Å²) >= 11 is 0. The van der Waals surface area contributed by atoms with E-state index < -0.39 is 0 Å². The fourth-order valence-electron chi connectivity index (χ4n) is 2.27. The van der Waals surface area contributed by atoms with Gasteiger partial charge in [0.15, 0.2) is 0 Å². The van der Waals surface area contributed by atoms with Crippen molar-refractivity contribution in [3.63, 3.8) is 0 Å². The van der Waals surface area contributed by atoms with Crippen LogP contribution in [0.5, 0.6) is 0 Å². The number of hydrogen-bond acceptors (Lipinski definition) is 4. The number of ether oxygens (including phenoxy) is 1. The normalized spacial score (nSPS) is 11.4. The fraction of sp³-hybridized carbons (Fsp3) is 0.600. The van der Waals surface area contributed by atoms with E-state index in [0.717, 1.165) is 25.0 Å². The van der Waals surface area contributed by atoms with Crippen molar-refractivity contribution in [2.24, 2.45) is 0 Å². The van der Waals surface area contributed by atoms with Crippen molar-refractivity contribution in [2.75, 3.05) is 7.11 Å². The SMILES string of the molecule is CCC(CC)(CC)NCc1ncccc1C(=O)OC. The van der Waals surface area contributed by atoms with Gasteiger partial charge in [0.25, 0.3) is 0 Å². The van der Waals surface area contributed by atoms with Crippen LogP contribution in [0, 0.1) is 0 Å². The van der Waals surface area contributed by atoms with E-state index in [1.54, 1.807) is 18.3 Å². The number of nitrogens with zero attached hydrogens (tertiary/aromatic N) is 1. The van der Waals surface area contributed by atoms with Crippen molar-refractivity contribution in [3.05, 3.63) is 29.6 Å². The van der Waals surface area contributed by atoms with Crippen LogP contribution in [0.15, 0.2) is 18.3 Å². The van der Waals surface area contributed by atoms with Gasteiger partial charge in [0.2, 0.25) is 0 Å². The molecule has 1 heterocycles. The molecule has 4 heteroatoms. The number of esters is 1. The molecule has 1 aromatic rings. The van der Waals surface area contributed by atoms with Crippen molar-refractivity contribution >= 4 is 5.97 Å². The zero-order valence-electron chi connectivity index (χ0n) is 12.3. The molecule has 0 bridgehead atoms. The summed E-state index contributed by atoms with van der Waals surface area (Å²) in [5.74, 6) is -0.333. The van der Waals surface area contributed by atoms with Crippen LogP contribution in [0.4, 0.5) is 0 Å². The Kier molecular flexibility index (Phi) is 5.96. The van der Waals surface area contributed by atoms with Crippen LogP contribution in [0.3, 0.4) is 0 Å². The smallest absolute Gasteiger partial charge is 0.339 e. The highest BCUT2D eigenvalue weighted by atomic mass is 16.5. The van der Waals surface area contributed by atoms with Crippen LogP contribution in [-0.2, 0) is 11.3 Å². The Balaban J connectivity index is 2.85. The lowest BCUT2D eigenvalue weighted by atomic mass is 9.89. The lowest BCUT2D eigenvalue weighted by Crippen LogP contribution is -2.43. The maximum Gasteiger partial charge on any atom is 0.339 e. The Morgan fingerprint density at radius 3 is 2.47 bits per heavy atom. The second-order valence-electron chi connectivity index (χ2n) is 4.68. The van der Waals surface area contributed by atoms with Crippen LogP contribution in [0.1, 0.15) is 56.1 Å². The summed E-state index contributed by atoms with van der Waals surface area (Å²) < 4.78 is 4.78. The van der Waals surface area contributed by atoms with Gasteiger partial charge < -0.3 is 10.1 Å². The highest BCUT2D eigenvalue weighted by molar-refractivity contribution is 5.90. The molecule has 0 aliphatic heterocycles. The average molecular weight is 264 g/mol. The molecule has 0 aliphatic rings. The molecule has 1 aromatic heterocycles. The minimum absolute atomic E-state index is 0.116. The summed E-state index contributed by atoms with van der Waals surface area (Å²) in [6.07, 6.45) is 4.87. The molecule has 1 N–H and O–H groups in total. The molecule has 0 unspecified atom stereocenters. The molecule has 0 saturated carbocycles. The Morgan fingerprint density at radius 2 is 1.95 bits per heavy atom. The van der Waals surface area contributed by atoms with Gasteiger partial charge in [0, 0.05) is 18.3 Å². The largest absolute Gasteiger partial charge is 0.465 e. The summed E-state index contributed by atoms with van der Waals surface area (Å²) in [6.45, 7) is 7.12. The van der Waals surface area contributed by atoms with Crippen LogP contribution in [0.25, 0.3) is 0 Å². The van der Waals surface area contributed by atoms with Crippen LogP contribution >= 0.6 is 0 Å².